The molecule has 6 rings (SSSR count). The van der Waals surface area contributed by atoms with Crippen molar-refractivity contribution < 1.29 is 24.5 Å². The van der Waals surface area contributed by atoms with Gasteiger partial charge >= 0.3 is 0 Å². The minimum absolute atomic E-state index is 0.000653. The van der Waals surface area contributed by atoms with Gasteiger partial charge in [0.1, 0.15) is 0 Å². The minimum atomic E-state index is -0.645. The van der Waals surface area contributed by atoms with Gasteiger partial charge in [-0.25, -0.2) is 0 Å². The highest BCUT2D eigenvalue weighted by atomic mass is 16.7. The molecular weight excluding hydrogens is 624 g/mol. The van der Waals surface area contributed by atoms with Gasteiger partial charge in [0.05, 0.1) is 24.9 Å². The average Bonchev–Trinajstić information content (AvgIpc) is 3.18. The molecule has 7 nitrogen and oxygen atoms in total. The topological polar surface area (TPSA) is 91.3 Å². The molecule has 3 N–H and O–H groups in total. The lowest BCUT2D eigenvalue weighted by Crippen LogP contribution is -2.46. The SMILES string of the molecule is C[C@H]1[C@@H](CN(C)[C@H](C)[C@@H](O)c2ccccc2)O[C@@H](c2cccc(-c3cccc(CNC(=O)c4ccccc4)c3)c2)O[C@H]1c1ccc(CO)cc1. The molecule has 6 atom stereocenters. The van der Waals surface area contributed by atoms with E-state index in [2.05, 4.69) is 41.4 Å². The van der Waals surface area contributed by atoms with E-state index < -0.39 is 12.4 Å². The van der Waals surface area contributed by atoms with Crippen molar-refractivity contribution in [3.05, 3.63) is 167 Å². The second-order valence-electron chi connectivity index (χ2n) is 13.2. The lowest BCUT2D eigenvalue weighted by atomic mass is 9.89. The maximum Gasteiger partial charge on any atom is 0.251 e. The van der Waals surface area contributed by atoms with Crippen LogP contribution in [-0.4, -0.2) is 46.8 Å². The third kappa shape index (κ3) is 8.38. The fourth-order valence-corrected chi connectivity index (χ4v) is 6.55. The molecule has 0 aliphatic carbocycles. The van der Waals surface area contributed by atoms with Crippen LogP contribution in [0, 0.1) is 5.92 Å². The number of amides is 1. The quantitative estimate of drug-likeness (QED) is 0.127. The Bertz CT molecular complexity index is 1830. The van der Waals surface area contributed by atoms with Crippen LogP contribution < -0.4 is 5.32 Å². The molecule has 50 heavy (non-hydrogen) atoms. The smallest absolute Gasteiger partial charge is 0.251 e. The highest BCUT2D eigenvalue weighted by molar-refractivity contribution is 5.94. The summed E-state index contributed by atoms with van der Waals surface area (Å²) in [6, 6.07) is 43.1. The zero-order chi connectivity index (χ0) is 35.0. The Morgan fingerprint density at radius 1 is 0.780 bits per heavy atom. The standard InChI is InChI=1S/C43H46N2O5/c1-29-39(27-45(3)30(2)40(47)33-13-6-4-7-14-33)49-43(50-41(29)34-22-20-31(28-46)21-23-34)38-19-11-18-37(25-38)36-17-10-12-32(24-36)26-44-42(48)35-15-8-5-9-16-35/h4-25,29-30,39-41,43,46-47H,26-28H2,1-3H3,(H,44,48)/t29-,30+,39+,40+,41+,43+/m0/s1. The van der Waals surface area contributed by atoms with Crippen molar-refractivity contribution in [2.45, 2.75) is 57.6 Å². The summed E-state index contributed by atoms with van der Waals surface area (Å²) >= 11 is 0. The highest BCUT2D eigenvalue weighted by Gasteiger charge is 2.39. The highest BCUT2D eigenvalue weighted by Crippen LogP contribution is 2.42. The maximum atomic E-state index is 12.6. The molecule has 7 heteroatoms. The molecule has 1 aliphatic rings. The molecular formula is C43H46N2O5. The first-order valence-corrected chi connectivity index (χ1v) is 17.3. The number of carbonyl (C=O) groups is 1. The Kier molecular flexibility index (Phi) is 11.5. The Balaban J connectivity index is 1.22. The largest absolute Gasteiger partial charge is 0.392 e. The number of hydrogen-bond acceptors (Lipinski definition) is 6. The van der Waals surface area contributed by atoms with E-state index in [0.29, 0.717) is 18.7 Å². The molecule has 0 spiro atoms. The molecule has 5 aromatic carbocycles. The molecule has 1 saturated heterocycles. The fraction of sp³-hybridized carbons (Fsp3) is 0.279. The Hall–Kier alpha value is -4.63. The van der Waals surface area contributed by atoms with E-state index in [1.54, 1.807) is 12.1 Å². The van der Waals surface area contributed by atoms with Crippen molar-refractivity contribution in [2.24, 2.45) is 5.92 Å². The predicted molar refractivity (Wildman–Crippen MR) is 196 cm³/mol. The number of nitrogens with zero attached hydrogens (tertiary/aromatic N) is 1. The molecule has 0 aromatic heterocycles. The zero-order valence-electron chi connectivity index (χ0n) is 28.9. The summed E-state index contributed by atoms with van der Waals surface area (Å²) in [5.41, 5.74) is 7.32. The van der Waals surface area contributed by atoms with Gasteiger partial charge in [-0.1, -0.05) is 116 Å². The van der Waals surface area contributed by atoms with Gasteiger partial charge in [0, 0.05) is 36.2 Å². The van der Waals surface area contributed by atoms with E-state index in [1.807, 2.05) is 111 Å². The van der Waals surface area contributed by atoms with Crippen LogP contribution in [0.4, 0.5) is 0 Å². The summed E-state index contributed by atoms with van der Waals surface area (Å²) in [5, 5.41) is 23.9. The number of rotatable bonds is 12. The molecule has 0 unspecified atom stereocenters. The second kappa shape index (κ2) is 16.4. The number of hydrogen-bond donors (Lipinski definition) is 3. The Morgan fingerprint density at radius 3 is 2.14 bits per heavy atom. The lowest BCUT2D eigenvalue weighted by molar-refractivity contribution is -0.276. The summed E-state index contributed by atoms with van der Waals surface area (Å²) in [7, 11) is 2.03. The number of carbonyl (C=O) groups excluding carboxylic acids is 1. The fourth-order valence-electron chi connectivity index (χ4n) is 6.55. The van der Waals surface area contributed by atoms with Gasteiger partial charge in [-0.15, -0.1) is 0 Å². The molecule has 0 radical (unpaired) electrons. The van der Waals surface area contributed by atoms with Crippen LogP contribution in [0.15, 0.2) is 133 Å². The van der Waals surface area contributed by atoms with Crippen LogP contribution in [0.5, 0.6) is 0 Å². The van der Waals surface area contributed by atoms with Crippen molar-refractivity contribution in [3.8, 4) is 11.1 Å². The first-order chi connectivity index (χ1) is 24.3. The van der Waals surface area contributed by atoms with Gasteiger partial charge in [0.25, 0.3) is 5.91 Å². The first kappa shape index (κ1) is 35.2. The normalized spacial score (nSPS) is 20.3. The predicted octanol–water partition coefficient (Wildman–Crippen LogP) is 7.62. The zero-order valence-corrected chi connectivity index (χ0v) is 28.9. The summed E-state index contributed by atoms with van der Waals surface area (Å²) in [4.78, 5) is 14.8. The first-order valence-electron chi connectivity index (χ1n) is 17.3. The maximum absolute atomic E-state index is 12.6. The van der Waals surface area contributed by atoms with E-state index in [-0.39, 0.29) is 36.7 Å². The number of ether oxygens (including phenoxy) is 2. The van der Waals surface area contributed by atoms with Crippen molar-refractivity contribution in [2.75, 3.05) is 13.6 Å². The Labute approximate surface area is 295 Å². The summed E-state index contributed by atoms with van der Waals surface area (Å²) in [6.07, 6.45) is -1.73. The van der Waals surface area contributed by atoms with Crippen LogP contribution in [0.1, 0.15) is 70.5 Å². The van der Waals surface area contributed by atoms with E-state index >= 15 is 0 Å². The number of likely N-dealkylation sites (N-methyl/N-ethyl adjacent to an activating group) is 1. The van der Waals surface area contributed by atoms with Crippen LogP contribution in [-0.2, 0) is 22.6 Å². The molecule has 0 saturated carbocycles. The summed E-state index contributed by atoms with van der Waals surface area (Å²) in [5.74, 6) is -0.107. The Morgan fingerprint density at radius 2 is 1.44 bits per heavy atom. The summed E-state index contributed by atoms with van der Waals surface area (Å²) < 4.78 is 13.5. The van der Waals surface area contributed by atoms with Gasteiger partial charge in [-0.05, 0) is 71.6 Å². The van der Waals surface area contributed by atoms with Crippen molar-refractivity contribution in [1.29, 1.82) is 0 Å². The molecule has 1 heterocycles. The number of benzene rings is 5. The van der Waals surface area contributed by atoms with Gasteiger partial charge in [-0.2, -0.15) is 0 Å². The van der Waals surface area contributed by atoms with Gasteiger partial charge < -0.3 is 25.0 Å². The van der Waals surface area contributed by atoms with Crippen LogP contribution in [0.2, 0.25) is 0 Å². The van der Waals surface area contributed by atoms with E-state index in [4.69, 9.17) is 9.47 Å². The van der Waals surface area contributed by atoms with Crippen LogP contribution in [0.25, 0.3) is 11.1 Å². The van der Waals surface area contributed by atoms with Gasteiger partial charge in [0.15, 0.2) is 6.29 Å². The van der Waals surface area contributed by atoms with E-state index in [0.717, 1.165) is 38.9 Å². The van der Waals surface area contributed by atoms with Gasteiger partial charge in [0.2, 0.25) is 0 Å². The van der Waals surface area contributed by atoms with Crippen LogP contribution in [0.3, 0.4) is 0 Å². The van der Waals surface area contributed by atoms with E-state index in [1.165, 1.54) is 0 Å². The molecule has 1 fully saturated rings. The van der Waals surface area contributed by atoms with Crippen molar-refractivity contribution in [1.82, 2.24) is 10.2 Å². The molecule has 1 aliphatic heterocycles. The third-order valence-corrected chi connectivity index (χ3v) is 9.79. The van der Waals surface area contributed by atoms with Crippen LogP contribution >= 0.6 is 0 Å². The monoisotopic (exact) mass is 670 g/mol. The molecule has 5 aromatic rings. The molecule has 0 bridgehead atoms. The second-order valence-corrected chi connectivity index (χ2v) is 13.2. The van der Waals surface area contributed by atoms with E-state index in [9.17, 15) is 15.0 Å². The number of aliphatic hydroxyl groups is 2. The molecule has 1 amide bonds. The van der Waals surface area contributed by atoms with Crippen molar-refractivity contribution >= 4 is 5.91 Å². The molecule has 258 valence electrons. The lowest BCUT2D eigenvalue weighted by Gasteiger charge is -2.43. The summed E-state index contributed by atoms with van der Waals surface area (Å²) in [6.45, 7) is 5.17. The van der Waals surface area contributed by atoms with Crippen molar-refractivity contribution in [3.63, 3.8) is 0 Å². The van der Waals surface area contributed by atoms with Gasteiger partial charge in [-0.3, -0.25) is 9.69 Å². The number of aliphatic hydroxyl groups excluding tert-OH is 2. The third-order valence-electron chi connectivity index (χ3n) is 9.79. The minimum Gasteiger partial charge on any atom is -0.392 e. The number of nitrogens with one attached hydrogen (secondary N) is 1. The average molecular weight is 671 g/mol.